The number of aromatic nitrogens is 1. The number of nitrogens with zero attached hydrogens (tertiary/aromatic N) is 1. The minimum atomic E-state index is -4.39. The molecule has 2 N–H and O–H groups in total. The van der Waals surface area contributed by atoms with Gasteiger partial charge in [-0.25, -0.2) is 0 Å². The predicted octanol–water partition coefficient (Wildman–Crippen LogP) is 3.70. The van der Waals surface area contributed by atoms with Crippen LogP contribution < -0.4 is 5.73 Å². The number of hydrogen-bond acceptors (Lipinski definition) is 2. The molecular weight excluding hydrogens is 265 g/mol. The van der Waals surface area contributed by atoms with Gasteiger partial charge in [0.15, 0.2) is 0 Å². The van der Waals surface area contributed by atoms with Gasteiger partial charge < -0.3 is 5.73 Å². The highest BCUT2D eigenvalue weighted by Gasteiger charge is 2.33. The number of para-hydroxylation sites is 1. The van der Waals surface area contributed by atoms with Crippen molar-refractivity contribution in [1.29, 1.82) is 0 Å². The van der Waals surface area contributed by atoms with Gasteiger partial charge in [-0.05, 0) is 43.5 Å². The first-order chi connectivity index (χ1) is 9.32. The zero-order valence-electron chi connectivity index (χ0n) is 11.5. The number of halogens is 3. The molecular formula is C15H17F3N2. The molecule has 0 aliphatic heterocycles. The molecule has 0 radical (unpaired) electrons. The Kier molecular flexibility index (Phi) is 3.99. The Morgan fingerprint density at radius 1 is 1.30 bits per heavy atom. The largest absolute Gasteiger partial charge is 0.418 e. The van der Waals surface area contributed by atoms with Gasteiger partial charge in [0.25, 0.3) is 0 Å². The molecule has 1 aromatic heterocycles. The molecule has 0 spiro atoms. The van der Waals surface area contributed by atoms with Crippen molar-refractivity contribution < 1.29 is 13.2 Å². The first kappa shape index (κ1) is 14.8. The smallest absolute Gasteiger partial charge is 0.330 e. The molecule has 0 aliphatic rings. The van der Waals surface area contributed by atoms with Crippen LogP contribution in [0.4, 0.5) is 13.2 Å². The molecule has 1 atom stereocenters. The normalized spacial score (nSPS) is 13.7. The highest BCUT2D eigenvalue weighted by Crippen LogP contribution is 2.35. The molecule has 1 heterocycles. The second-order valence-corrected chi connectivity index (χ2v) is 5.17. The number of benzene rings is 1. The molecule has 2 rings (SSSR count). The van der Waals surface area contributed by atoms with Crippen LogP contribution in [0.3, 0.4) is 0 Å². The van der Waals surface area contributed by atoms with Gasteiger partial charge in [0, 0.05) is 11.1 Å². The molecule has 0 bridgehead atoms. The fourth-order valence-corrected chi connectivity index (χ4v) is 2.32. The van der Waals surface area contributed by atoms with Crippen molar-refractivity contribution in [2.75, 3.05) is 6.54 Å². The Hall–Kier alpha value is -1.62. The van der Waals surface area contributed by atoms with Gasteiger partial charge in [-0.3, -0.25) is 4.98 Å². The average Bonchev–Trinajstić information content (AvgIpc) is 2.36. The van der Waals surface area contributed by atoms with Gasteiger partial charge in [-0.15, -0.1) is 0 Å². The molecule has 0 amide bonds. The van der Waals surface area contributed by atoms with E-state index in [1.165, 1.54) is 6.07 Å². The van der Waals surface area contributed by atoms with E-state index < -0.39 is 11.7 Å². The van der Waals surface area contributed by atoms with Crippen LogP contribution in [0.1, 0.15) is 23.7 Å². The SMILES string of the molecule is Cc1cc(CC(C)CN)c2cccc(C(F)(F)F)c2n1. The molecule has 2 aromatic rings. The topological polar surface area (TPSA) is 38.9 Å². The van der Waals surface area contributed by atoms with E-state index in [-0.39, 0.29) is 11.4 Å². The Labute approximate surface area is 115 Å². The van der Waals surface area contributed by atoms with Crippen LogP contribution in [-0.4, -0.2) is 11.5 Å². The maximum atomic E-state index is 13.0. The third-order valence-corrected chi connectivity index (χ3v) is 3.33. The van der Waals surface area contributed by atoms with Crippen molar-refractivity contribution in [3.63, 3.8) is 0 Å². The third kappa shape index (κ3) is 2.93. The van der Waals surface area contributed by atoms with E-state index in [1.807, 2.05) is 13.0 Å². The third-order valence-electron chi connectivity index (χ3n) is 3.33. The Morgan fingerprint density at radius 3 is 2.60 bits per heavy atom. The summed E-state index contributed by atoms with van der Waals surface area (Å²) in [5.74, 6) is 0.217. The van der Waals surface area contributed by atoms with E-state index in [0.717, 1.165) is 11.6 Å². The summed E-state index contributed by atoms with van der Waals surface area (Å²) in [6, 6.07) is 6.04. The average molecular weight is 282 g/mol. The first-order valence-electron chi connectivity index (χ1n) is 6.49. The van der Waals surface area contributed by atoms with Gasteiger partial charge in [-0.2, -0.15) is 13.2 Å². The summed E-state index contributed by atoms with van der Waals surface area (Å²) in [5, 5.41) is 0.561. The van der Waals surface area contributed by atoms with Crippen LogP contribution in [0.25, 0.3) is 10.9 Å². The van der Waals surface area contributed by atoms with Gasteiger partial charge >= 0.3 is 6.18 Å². The quantitative estimate of drug-likeness (QED) is 0.932. The van der Waals surface area contributed by atoms with Crippen molar-refractivity contribution in [1.82, 2.24) is 4.98 Å². The Balaban J connectivity index is 2.66. The first-order valence-corrected chi connectivity index (χ1v) is 6.49. The van der Waals surface area contributed by atoms with E-state index in [4.69, 9.17) is 5.73 Å². The summed E-state index contributed by atoms with van der Waals surface area (Å²) in [6.07, 6.45) is -3.74. The van der Waals surface area contributed by atoms with E-state index in [0.29, 0.717) is 24.0 Å². The van der Waals surface area contributed by atoms with Gasteiger partial charge in [0.05, 0.1) is 11.1 Å². The maximum absolute atomic E-state index is 13.0. The summed E-state index contributed by atoms with van der Waals surface area (Å²) in [4.78, 5) is 4.08. The molecule has 0 saturated heterocycles. The van der Waals surface area contributed by atoms with Crippen LogP contribution in [0.15, 0.2) is 24.3 Å². The fourth-order valence-electron chi connectivity index (χ4n) is 2.32. The van der Waals surface area contributed by atoms with E-state index in [2.05, 4.69) is 4.98 Å². The van der Waals surface area contributed by atoms with Gasteiger partial charge in [0.1, 0.15) is 0 Å². The molecule has 1 unspecified atom stereocenters. The predicted molar refractivity (Wildman–Crippen MR) is 73.4 cm³/mol. The number of alkyl halides is 3. The summed E-state index contributed by atoms with van der Waals surface area (Å²) in [7, 11) is 0. The Morgan fingerprint density at radius 2 is 2.00 bits per heavy atom. The van der Waals surface area contributed by atoms with Crippen molar-refractivity contribution in [3.05, 3.63) is 41.1 Å². The summed E-state index contributed by atoms with van der Waals surface area (Å²) in [5.41, 5.74) is 6.42. The molecule has 0 saturated carbocycles. The summed E-state index contributed by atoms with van der Waals surface area (Å²) < 4.78 is 39.1. The molecule has 5 heteroatoms. The number of nitrogens with two attached hydrogens (primary N) is 1. The lowest BCUT2D eigenvalue weighted by molar-refractivity contribution is -0.136. The lowest BCUT2D eigenvalue weighted by Gasteiger charge is -2.15. The number of pyridine rings is 1. The minimum absolute atomic E-state index is 0.0271. The van der Waals surface area contributed by atoms with Crippen LogP contribution in [0.2, 0.25) is 0 Å². The van der Waals surface area contributed by atoms with Crippen LogP contribution in [-0.2, 0) is 12.6 Å². The second-order valence-electron chi connectivity index (χ2n) is 5.17. The van der Waals surface area contributed by atoms with E-state index >= 15 is 0 Å². The van der Waals surface area contributed by atoms with E-state index in [9.17, 15) is 13.2 Å². The number of rotatable bonds is 3. The Bertz CT molecular complexity index is 620. The number of hydrogen-bond donors (Lipinski definition) is 1. The van der Waals surface area contributed by atoms with Crippen molar-refractivity contribution >= 4 is 10.9 Å². The van der Waals surface area contributed by atoms with Gasteiger partial charge in [-0.1, -0.05) is 19.1 Å². The lowest BCUT2D eigenvalue weighted by atomic mass is 9.96. The number of fused-ring (bicyclic) bond motifs is 1. The summed E-state index contributed by atoms with van der Waals surface area (Å²) in [6.45, 7) is 4.19. The monoisotopic (exact) mass is 282 g/mol. The highest BCUT2D eigenvalue weighted by atomic mass is 19.4. The lowest BCUT2D eigenvalue weighted by Crippen LogP contribution is -2.14. The van der Waals surface area contributed by atoms with Crippen LogP contribution in [0.5, 0.6) is 0 Å². The zero-order chi connectivity index (χ0) is 14.9. The van der Waals surface area contributed by atoms with Crippen molar-refractivity contribution in [2.24, 2.45) is 11.7 Å². The van der Waals surface area contributed by atoms with Crippen molar-refractivity contribution in [2.45, 2.75) is 26.4 Å². The second kappa shape index (κ2) is 5.40. The van der Waals surface area contributed by atoms with Gasteiger partial charge in [0.2, 0.25) is 0 Å². The molecule has 2 nitrogen and oxygen atoms in total. The van der Waals surface area contributed by atoms with E-state index in [1.54, 1.807) is 13.0 Å². The van der Waals surface area contributed by atoms with Crippen LogP contribution in [0, 0.1) is 12.8 Å². The highest BCUT2D eigenvalue weighted by molar-refractivity contribution is 5.85. The molecule has 20 heavy (non-hydrogen) atoms. The van der Waals surface area contributed by atoms with Crippen LogP contribution >= 0.6 is 0 Å². The molecule has 108 valence electrons. The number of aryl methyl sites for hydroxylation is 1. The van der Waals surface area contributed by atoms with Crippen molar-refractivity contribution in [3.8, 4) is 0 Å². The zero-order valence-corrected chi connectivity index (χ0v) is 11.5. The minimum Gasteiger partial charge on any atom is -0.330 e. The molecule has 0 fully saturated rings. The summed E-state index contributed by atoms with van der Waals surface area (Å²) >= 11 is 0. The molecule has 0 aliphatic carbocycles. The molecule has 1 aromatic carbocycles. The fraction of sp³-hybridized carbons (Fsp3) is 0.400. The standard InChI is InChI=1S/C15H17F3N2/c1-9(8-19)6-11-7-10(2)20-14-12(11)4-3-5-13(14)15(16,17)18/h3-5,7,9H,6,8,19H2,1-2H3. The maximum Gasteiger partial charge on any atom is 0.418 e.